The van der Waals surface area contributed by atoms with E-state index in [1.165, 1.54) is 24.3 Å². The van der Waals surface area contributed by atoms with Crippen molar-refractivity contribution in [3.8, 4) is 0 Å². The van der Waals surface area contributed by atoms with Crippen LogP contribution in [0.1, 0.15) is 11.7 Å². The summed E-state index contributed by atoms with van der Waals surface area (Å²) < 4.78 is 12.5. The van der Waals surface area contributed by atoms with Crippen LogP contribution in [-0.2, 0) is 0 Å². The van der Waals surface area contributed by atoms with Crippen molar-refractivity contribution in [2.45, 2.75) is 12.1 Å². The first kappa shape index (κ1) is 13.3. The van der Waals surface area contributed by atoms with Crippen molar-refractivity contribution in [2.24, 2.45) is 5.73 Å². The number of benzene rings is 1. The van der Waals surface area contributed by atoms with Crippen molar-refractivity contribution in [3.05, 3.63) is 35.6 Å². The van der Waals surface area contributed by atoms with E-state index in [0.717, 1.165) is 0 Å². The number of rotatable bonds is 3. The Morgan fingerprint density at radius 3 is 2.21 bits per heavy atom. The topological polar surface area (TPSA) is 66.5 Å². The van der Waals surface area contributed by atoms with Crippen molar-refractivity contribution >= 4 is 12.4 Å². The third kappa shape index (κ3) is 3.23. The zero-order valence-electron chi connectivity index (χ0n) is 7.43. The van der Waals surface area contributed by atoms with Gasteiger partial charge >= 0.3 is 0 Å². The maximum absolute atomic E-state index is 12.5. The van der Waals surface area contributed by atoms with E-state index >= 15 is 0 Å². The molecule has 5 heteroatoms. The second-order valence-corrected chi connectivity index (χ2v) is 2.84. The van der Waals surface area contributed by atoms with Gasteiger partial charge in [0, 0.05) is 0 Å². The molecule has 0 fully saturated rings. The molecule has 0 aliphatic carbocycles. The van der Waals surface area contributed by atoms with E-state index in [0.29, 0.717) is 5.56 Å². The number of hydrogen-bond acceptors (Lipinski definition) is 3. The van der Waals surface area contributed by atoms with Crippen molar-refractivity contribution in [3.63, 3.8) is 0 Å². The van der Waals surface area contributed by atoms with Crippen molar-refractivity contribution in [1.82, 2.24) is 0 Å². The Kier molecular flexibility index (Phi) is 5.64. The van der Waals surface area contributed by atoms with Crippen LogP contribution in [0.15, 0.2) is 24.3 Å². The molecule has 1 rings (SSSR count). The van der Waals surface area contributed by atoms with Crippen molar-refractivity contribution < 1.29 is 14.6 Å². The number of nitrogens with two attached hydrogens (primary N) is 1. The predicted octanol–water partition coefficient (Wildman–Crippen LogP) is 0.601. The lowest BCUT2D eigenvalue weighted by atomic mass is 10.0. The van der Waals surface area contributed by atoms with Crippen molar-refractivity contribution in [2.75, 3.05) is 6.61 Å². The summed E-state index contributed by atoms with van der Waals surface area (Å²) in [6, 6.07) is 4.63. The van der Waals surface area contributed by atoms with Crippen LogP contribution in [0, 0.1) is 5.82 Å². The first-order valence-corrected chi connectivity index (χ1v) is 3.95. The van der Waals surface area contributed by atoms with Gasteiger partial charge in [0.15, 0.2) is 0 Å². The average molecular weight is 222 g/mol. The molecule has 4 N–H and O–H groups in total. The minimum atomic E-state index is -0.953. The number of aliphatic hydroxyl groups excluding tert-OH is 2. The van der Waals surface area contributed by atoms with Gasteiger partial charge in [-0.15, -0.1) is 12.4 Å². The Hall–Kier alpha value is -0.680. The fourth-order valence-electron chi connectivity index (χ4n) is 1.01. The van der Waals surface area contributed by atoms with Gasteiger partial charge in [-0.2, -0.15) is 0 Å². The summed E-state index contributed by atoms with van der Waals surface area (Å²) in [7, 11) is 0. The zero-order valence-corrected chi connectivity index (χ0v) is 8.25. The van der Waals surface area contributed by atoms with E-state index in [4.69, 9.17) is 10.8 Å². The van der Waals surface area contributed by atoms with E-state index in [2.05, 4.69) is 0 Å². The lowest BCUT2D eigenvalue weighted by molar-refractivity contribution is 0.109. The van der Waals surface area contributed by atoms with E-state index in [1.807, 2.05) is 0 Å². The van der Waals surface area contributed by atoms with Crippen LogP contribution in [0.5, 0.6) is 0 Å². The summed E-state index contributed by atoms with van der Waals surface area (Å²) in [5, 5.41) is 18.1. The molecule has 1 aromatic carbocycles. The molecule has 3 nitrogen and oxygen atoms in total. The minimum absolute atomic E-state index is 0. The molecule has 0 radical (unpaired) electrons. The van der Waals surface area contributed by atoms with Gasteiger partial charge in [-0.05, 0) is 17.7 Å². The summed E-state index contributed by atoms with van der Waals surface area (Å²) in [6.07, 6.45) is -0.953. The Labute approximate surface area is 87.8 Å². The lowest BCUT2D eigenvalue weighted by Crippen LogP contribution is -2.31. The smallest absolute Gasteiger partial charge is 0.123 e. The molecule has 0 aromatic heterocycles. The molecule has 0 aliphatic rings. The number of halogens is 2. The molecule has 0 heterocycles. The molecule has 2 atom stereocenters. The maximum Gasteiger partial charge on any atom is 0.123 e. The Bertz CT molecular complexity index is 268. The van der Waals surface area contributed by atoms with Gasteiger partial charge in [0.1, 0.15) is 5.82 Å². The minimum Gasteiger partial charge on any atom is -0.395 e. The zero-order chi connectivity index (χ0) is 9.84. The standard InChI is InChI=1S/C9H12FNO2.ClH/c10-7-3-1-6(2-4-7)9(13)8(11)5-12;/h1-4,8-9,12-13H,5,11H2;1H/t8-,9-;/m0./s1. The molecule has 0 spiro atoms. The Morgan fingerprint density at radius 1 is 1.29 bits per heavy atom. The summed E-state index contributed by atoms with van der Waals surface area (Å²) in [4.78, 5) is 0. The van der Waals surface area contributed by atoms with E-state index in [1.54, 1.807) is 0 Å². The van der Waals surface area contributed by atoms with E-state index < -0.39 is 12.1 Å². The van der Waals surface area contributed by atoms with Crippen molar-refractivity contribution in [1.29, 1.82) is 0 Å². The van der Waals surface area contributed by atoms with Gasteiger partial charge in [0.05, 0.1) is 18.8 Å². The van der Waals surface area contributed by atoms with Gasteiger partial charge in [-0.25, -0.2) is 4.39 Å². The Balaban J connectivity index is 0.00000169. The molecule has 0 amide bonds. The van der Waals surface area contributed by atoms with Crippen LogP contribution in [0.2, 0.25) is 0 Å². The van der Waals surface area contributed by atoms with Crippen LogP contribution < -0.4 is 5.73 Å². The van der Waals surface area contributed by atoms with Crippen LogP contribution in [0.25, 0.3) is 0 Å². The highest BCUT2D eigenvalue weighted by atomic mass is 35.5. The largest absolute Gasteiger partial charge is 0.395 e. The van der Waals surface area contributed by atoms with Gasteiger partial charge < -0.3 is 15.9 Å². The number of hydrogen-bond donors (Lipinski definition) is 3. The van der Waals surface area contributed by atoms with E-state index in [-0.39, 0.29) is 24.8 Å². The molecule has 0 unspecified atom stereocenters. The summed E-state index contributed by atoms with van der Waals surface area (Å²) in [6.45, 7) is -0.307. The van der Waals surface area contributed by atoms with Gasteiger partial charge in [-0.3, -0.25) is 0 Å². The summed E-state index contributed by atoms with van der Waals surface area (Å²) in [5.74, 6) is -0.367. The molecule has 0 bridgehead atoms. The average Bonchev–Trinajstić information content (AvgIpc) is 2.17. The highest BCUT2D eigenvalue weighted by Crippen LogP contribution is 2.15. The molecule has 0 aliphatic heterocycles. The molecular formula is C9H13ClFNO2. The molecule has 14 heavy (non-hydrogen) atoms. The fourth-order valence-corrected chi connectivity index (χ4v) is 1.01. The summed E-state index contributed by atoms with van der Waals surface area (Å²) in [5.41, 5.74) is 5.90. The molecule has 0 saturated heterocycles. The third-order valence-corrected chi connectivity index (χ3v) is 1.83. The SMILES string of the molecule is Cl.N[C@@H](CO)[C@@H](O)c1ccc(F)cc1. The lowest BCUT2D eigenvalue weighted by Gasteiger charge is -2.16. The molecular weight excluding hydrogens is 209 g/mol. The third-order valence-electron chi connectivity index (χ3n) is 1.83. The van der Waals surface area contributed by atoms with Crippen LogP contribution in [0.3, 0.4) is 0 Å². The second-order valence-electron chi connectivity index (χ2n) is 2.84. The molecule has 1 aromatic rings. The Morgan fingerprint density at radius 2 is 1.79 bits per heavy atom. The van der Waals surface area contributed by atoms with Crippen LogP contribution >= 0.6 is 12.4 Å². The maximum atomic E-state index is 12.5. The van der Waals surface area contributed by atoms with Gasteiger partial charge in [-0.1, -0.05) is 12.1 Å². The number of aliphatic hydroxyl groups is 2. The van der Waals surface area contributed by atoms with Crippen LogP contribution in [-0.4, -0.2) is 22.9 Å². The highest BCUT2D eigenvalue weighted by Gasteiger charge is 2.15. The second kappa shape index (κ2) is 5.93. The monoisotopic (exact) mass is 221 g/mol. The molecule has 80 valence electrons. The summed E-state index contributed by atoms with van der Waals surface area (Å²) >= 11 is 0. The highest BCUT2D eigenvalue weighted by molar-refractivity contribution is 5.85. The van der Waals surface area contributed by atoms with Crippen LogP contribution in [0.4, 0.5) is 4.39 Å². The predicted molar refractivity (Wildman–Crippen MR) is 53.7 cm³/mol. The van der Waals surface area contributed by atoms with Gasteiger partial charge in [0.2, 0.25) is 0 Å². The quantitative estimate of drug-likeness (QED) is 0.700. The fraction of sp³-hybridized carbons (Fsp3) is 0.333. The first-order valence-electron chi connectivity index (χ1n) is 3.95. The molecule has 0 saturated carbocycles. The normalized spacial score (nSPS) is 14.3. The van der Waals surface area contributed by atoms with E-state index in [9.17, 15) is 9.50 Å². The van der Waals surface area contributed by atoms with Gasteiger partial charge in [0.25, 0.3) is 0 Å². The first-order chi connectivity index (χ1) is 6.15.